The molecule has 0 fully saturated rings. The van der Waals surface area contributed by atoms with E-state index in [2.05, 4.69) is 0 Å². The third kappa shape index (κ3) is 4.96. The Hall–Kier alpha value is -2.59. The van der Waals surface area contributed by atoms with Gasteiger partial charge in [-0.1, -0.05) is 42.5 Å². The summed E-state index contributed by atoms with van der Waals surface area (Å²) in [6.07, 6.45) is 1.61. The summed E-state index contributed by atoms with van der Waals surface area (Å²) in [6.45, 7) is 2.63. The molecule has 1 amide bonds. The summed E-state index contributed by atoms with van der Waals surface area (Å²) >= 11 is 0. The van der Waals surface area contributed by atoms with Crippen molar-refractivity contribution in [2.75, 3.05) is 20.3 Å². The number of rotatable bonds is 7. The monoisotopic (exact) mass is 325 g/mol. The maximum Gasteiger partial charge on any atom is 0.247 e. The van der Waals surface area contributed by atoms with E-state index in [1.165, 1.54) is 0 Å². The Kier molecular flexibility index (Phi) is 6.58. The topological polar surface area (TPSA) is 49.8 Å². The number of aliphatic hydroxyl groups is 1. The van der Waals surface area contributed by atoms with Gasteiger partial charge < -0.3 is 14.7 Å². The molecule has 4 heteroatoms. The van der Waals surface area contributed by atoms with Crippen molar-refractivity contribution in [2.24, 2.45) is 0 Å². The summed E-state index contributed by atoms with van der Waals surface area (Å²) < 4.78 is 5.14. The number of aliphatic hydroxyl groups excluding tert-OH is 1. The molecule has 0 aromatic heterocycles. The van der Waals surface area contributed by atoms with Crippen LogP contribution in [-0.2, 0) is 11.3 Å². The Morgan fingerprint density at radius 3 is 2.38 bits per heavy atom. The van der Waals surface area contributed by atoms with Gasteiger partial charge in [0, 0.05) is 19.2 Å². The summed E-state index contributed by atoms with van der Waals surface area (Å²) in [7, 11) is 1.62. The van der Waals surface area contributed by atoms with Crippen LogP contribution in [0.25, 0.3) is 5.57 Å². The molecular weight excluding hydrogens is 302 g/mol. The molecule has 24 heavy (non-hydrogen) atoms. The van der Waals surface area contributed by atoms with E-state index in [-0.39, 0.29) is 12.5 Å². The number of methoxy groups -OCH3 is 1. The quantitative estimate of drug-likeness (QED) is 0.796. The molecule has 0 aliphatic heterocycles. The minimum Gasteiger partial charge on any atom is -0.497 e. The van der Waals surface area contributed by atoms with E-state index in [9.17, 15) is 9.90 Å². The van der Waals surface area contributed by atoms with Crippen LogP contribution in [0, 0.1) is 0 Å². The lowest BCUT2D eigenvalue weighted by atomic mass is 10.1. The lowest BCUT2D eigenvalue weighted by Gasteiger charge is -2.20. The minimum atomic E-state index is -0.110. The van der Waals surface area contributed by atoms with Crippen LogP contribution in [0.15, 0.2) is 60.7 Å². The molecule has 126 valence electrons. The van der Waals surface area contributed by atoms with E-state index >= 15 is 0 Å². The van der Waals surface area contributed by atoms with Crippen LogP contribution in [0.4, 0.5) is 0 Å². The van der Waals surface area contributed by atoms with Crippen molar-refractivity contribution in [3.63, 3.8) is 0 Å². The number of carbonyl (C=O) groups excluding carboxylic acids is 1. The zero-order chi connectivity index (χ0) is 17.4. The average Bonchev–Trinajstić information content (AvgIpc) is 2.62. The van der Waals surface area contributed by atoms with Crippen molar-refractivity contribution in [2.45, 2.75) is 13.5 Å². The number of hydrogen-bond acceptors (Lipinski definition) is 3. The Morgan fingerprint density at radius 1 is 1.12 bits per heavy atom. The van der Waals surface area contributed by atoms with Gasteiger partial charge >= 0.3 is 0 Å². The van der Waals surface area contributed by atoms with Crippen LogP contribution in [0.2, 0.25) is 0 Å². The summed E-state index contributed by atoms with van der Waals surface area (Å²) in [5.41, 5.74) is 2.88. The van der Waals surface area contributed by atoms with Gasteiger partial charge in [0.2, 0.25) is 5.91 Å². The van der Waals surface area contributed by atoms with Crippen LogP contribution >= 0.6 is 0 Å². The van der Waals surface area contributed by atoms with Gasteiger partial charge in [-0.25, -0.2) is 0 Å². The SMILES string of the molecule is COc1ccc(/C(C)=C/C(=O)N(CCO)Cc2ccccc2)cc1. The first kappa shape index (κ1) is 17.8. The lowest BCUT2D eigenvalue weighted by molar-refractivity contribution is -0.127. The maximum absolute atomic E-state index is 12.6. The Morgan fingerprint density at radius 2 is 1.79 bits per heavy atom. The maximum atomic E-state index is 12.6. The summed E-state index contributed by atoms with van der Waals surface area (Å²) in [4.78, 5) is 14.2. The molecule has 2 aromatic carbocycles. The minimum absolute atomic E-state index is 0.0615. The van der Waals surface area contributed by atoms with E-state index < -0.39 is 0 Å². The zero-order valence-corrected chi connectivity index (χ0v) is 14.1. The van der Waals surface area contributed by atoms with Gasteiger partial charge in [0.15, 0.2) is 0 Å². The smallest absolute Gasteiger partial charge is 0.247 e. The first-order valence-electron chi connectivity index (χ1n) is 7.90. The second-order valence-electron chi connectivity index (χ2n) is 5.52. The molecular formula is C20H23NO3. The van der Waals surface area contributed by atoms with Gasteiger partial charge in [-0.3, -0.25) is 4.79 Å². The first-order chi connectivity index (χ1) is 11.6. The summed E-state index contributed by atoms with van der Waals surface area (Å²) in [5.74, 6) is 0.671. The van der Waals surface area contributed by atoms with Crippen molar-refractivity contribution >= 4 is 11.5 Å². The molecule has 2 aromatic rings. The van der Waals surface area contributed by atoms with Gasteiger partial charge in [0.1, 0.15) is 5.75 Å². The highest BCUT2D eigenvalue weighted by Crippen LogP contribution is 2.18. The third-order valence-electron chi connectivity index (χ3n) is 3.78. The molecule has 0 radical (unpaired) electrons. The number of ether oxygens (including phenoxy) is 1. The lowest BCUT2D eigenvalue weighted by Crippen LogP contribution is -2.31. The van der Waals surface area contributed by atoms with Crippen molar-refractivity contribution in [1.82, 2.24) is 4.90 Å². The molecule has 4 nitrogen and oxygen atoms in total. The van der Waals surface area contributed by atoms with Gasteiger partial charge in [-0.05, 0) is 35.8 Å². The molecule has 2 rings (SSSR count). The number of amides is 1. The highest BCUT2D eigenvalue weighted by atomic mass is 16.5. The number of benzene rings is 2. The largest absolute Gasteiger partial charge is 0.497 e. The molecule has 0 heterocycles. The van der Waals surface area contributed by atoms with Gasteiger partial charge in [0.25, 0.3) is 0 Å². The van der Waals surface area contributed by atoms with Gasteiger partial charge in [-0.15, -0.1) is 0 Å². The Labute approximate surface area is 143 Å². The molecule has 0 bridgehead atoms. The molecule has 0 aliphatic carbocycles. The average molecular weight is 325 g/mol. The summed E-state index contributed by atoms with van der Waals surface area (Å²) in [5, 5.41) is 9.24. The second kappa shape index (κ2) is 8.89. The van der Waals surface area contributed by atoms with Crippen molar-refractivity contribution in [1.29, 1.82) is 0 Å². The fourth-order valence-corrected chi connectivity index (χ4v) is 2.41. The Balaban J connectivity index is 2.12. The molecule has 0 saturated carbocycles. The molecule has 0 aliphatic rings. The second-order valence-corrected chi connectivity index (χ2v) is 5.52. The van der Waals surface area contributed by atoms with Crippen molar-refractivity contribution < 1.29 is 14.6 Å². The predicted octanol–water partition coefficient (Wildman–Crippen LogP) is 3.12. The number of allylic oxidation sites excluding steroid dienone is 1. The van der Waals surface area contributed by atoms with Crippen LogP contribution in [0.3, 0.4) is 0 Å². The molecule has 0 unspecified atom stereocenters. The number of nitrogens with zero attached hydrogens (tertiary/aromatic N) is 1. The van der Waals surface area contributed by atoms with E-state index in [1.807, 2.05) is 61.5 Å². The van der Waals surface area contributed by atoms with Crippen molar-refractivity contribution in [3.05, 3.63) is 71.8 Å². The highest BCUT2D eigenvalue weighted by Gasteiger charge is 2.12. The molecule has 0 saturated heterocycles. The fourth-order valence-electron chi connectivity index (χ4n) is 2.41. The van der Waals surface area contributed by atoms with Crippen LogP contribution in [0.5, 0.6) is 5.75 Å². The van der Waals surface area contributed by atoms with E-state index in [4.69, 9.17) is 4.74 Å². The standard InChI is InChI=1S/C20H23NO3/c1-16(18-8-10-19(24-2)11-9-18)14-20(23)21(12-13-22)15-17-6-4-3-5-7-17/h3-11,14,22H,12-13,15H2,1-2H3/b16-14+. The van der Waals surface area contributed by atoms with E-state index in [1.54, 1.807) is 18.1 Å². The highest BCUT2D eigenvalue weighted by molar-refractivity contribution is 5.94. The normalized spacial score (nSPS) is 11.2. The summed E-state index contributed by atoms with van der Waals surface area (Å²) in [6, 6.07) is 17.3. The van der Waals surface area contributed by atoms with E-state index in [0.29, 0.717) is 13.1 Å². The predicted molar refractivity (Wildman–Crippen MR) is 95.6 cm³/mol. The van der Waals surface area contributed by atoms with Crippen molar-refractivity contribution in [3.8, 4) is 5.75 Å². The number of carbonyl (C=O) groups is 1. The number of hydrogen-bond donors (Lipinski definition) is 1. The third-order valence-corrected chi connectivity index (χ3v) is 3.78. The van der Waals surface area contributed by atoms with E-state index in [0.717, 1.165) is 22.4 Å². The van der Waals surface area contributed by atoms with Crippen LogP contribution in [0.1, 0.15) is 18.1 Å². The van der Waals surface area contributed by atoms with Crippen LogP contribution in [-0.4, -0.2) is 36.2 Å². The van der Waals surface area contributed by atoms with Gasteiger partial charge in [-0.2, -0.15) is 0 Å². The van der Waals surface area contributed by atoms with Crippen LogP contribution < -0.4 is 4.74 Å². The Bertz CT molecular complexity index is 678. The fraction of sp³-hybridized carbons (Fsp3) is 0.250. The first-order valence-corrected chi connectivity index (χ1v) is 7.90. The molecule has 0 spiro atoms. The van der Waals surface area contributed by atoms with Gasteiger partial charge in [0.05, 0.1) is 13.7 Å². The zero-order valence-electron chi connectivity index (χ0n) is 14.1. The molecule has 1 N–H and O–H groups in total. The molecule has 0 atom stereocenters.